The van der Waals surface area contributed by atoms with Gasteiger partial charge in [0.25, 0.3) is 0 Å². The summed E-state index contributed by atoms with van der Waals surface area (Å²) >= 11 is 0. The first-order valence-corrected chi connectivity index (χ1v) is 13.0. The molecule has 0 amide bonds. The number of aromatic nitrogens is 2. The molecule has 2 aliphatic rings. The molecule has 0 N–H and O–H groups in total. The number of fused-ring (bicyclic) bond motifs is 2. The summed E-state index contributed by atoms with van der Waals surface area (Å²) < 4.78 is 7.80. The Hall–Kier alpha value is -4.38. The van der Waals surface area contributed by atoms with Gasteiger partial charge >= 0.3 is 0 Å². The van der Waals surface area contributed by atoms with Crippen molar-refractivity contribution in [3.8, 4) is 22.8 Å². The van der Waals surface area contributed by atoms with E-state index in [1.165, 1.54) is 29.5 Å². The zero-order valence-electron chi connectivity index (χ0n) is 20.9. The van der Waals surface area contributed by atoms with Gasteiger partial charge in [0.1, 0.15) is 5.75 Å². The van der Waals surface area contributed by atoms with Crippen molar-refractivity contribution in [2.45, 2.75) is 19.3 Å². The molecule has 0 bridgehead atoms. The molecule has 1 fully saturated rings. The highest BCUT2D eigenvalue weighted by Gasteiger charge is 2.27. The fourth-order valence-electron chi connectivity index (χ4n) is 5.77. The number of aliphatic imine (C=N–C) groups is 1. The molecule has 5 nitrogen and oxygen atoms in total. The third-order valence-electron chi connectivity index (χ3n) is 7.56. The van der Waals surface area contributed by atoms with E-state index in [1.54, 1.807) is 7.11 Å². The number of nitrogens with zero attached hydrogens (tertiary/aromatic N) is 4. The van der Waals surface area contributed by atoms with E-state index >= 15 is 0 Å². The van der Waals surface area contributed by atoms with Crippen molar-refractivity contribution in [2.24, 2.45) is 4.99 Å². The van der Waals surface area contributed by atoms with E-state index in [-0.39, 0.29) is 0 Å². The quantitative estimate of drug-likeness (QED) is 0.270. The summed E-state index contributed by atoms with van der Waals surface area (Å²) in [5.74, 6) is 0.840. The smallest absolute Gasteiger partial charge is 0.119 e. The molecule has 0 spiro atoms. The molecule has 0 unspecified atom stereocenters. The molecule has 1 saturated heterocycles. The number of hydrogen-bond donors (Lipinski definition) is 0. The van der Waals surface area contributed by atoms with Gasteiger partial charge in [0.15, 0.2) is 0 Å². The molecule has 2 aliphatic heterocycles. The summed E-state index contributed by atoms with van der Waals surface area (Å²) in [4.78, 5) is 12.6. The second kappa shape index (κ2) is 8.93. The van der Waals surface area contributed by atoms with Crippen LogP contribution in [0.25, 0.3) is 28.0 Å². The van der Waals surface area contributed by atoms with E-state index in [1.807, 2.05) is 18.3 Å². The molecule has 4 heterocycles. The first kappa shape index (κ1) is 21.9. The molecule has 5 heteroatoms. The lowest BCUT2D eigenvalue weighted by molar-refractivity contribution is 0.415. The normalized spacial score (nSPS) is 14.7. The summed E-state index contributed by atoms with van der Waals surface area (Å²) in [6.07, 6.45) is 5.24. The van der Waals surface area contributed by atoms with E-state index < -0.39 is 0 Å². The standard InChI is InChI=1S/C32H28N4O/c1-37-25-14-12-23(13-15-25)36-30-11-5-3-9-26(30)31(28-20-22-8-2-4-10-27(22)34-28)32(36)29-21-24(16-17-33-29)35-18-6-7-19-35/h2-5,8-17,21H,6-7,18-20H2,1H3. The molecule has 5 aromatic rings. The van der Waals surface area contributed by atoms with E-state index in [9.17, 15) is 0 Å². The predicted octanol–water partition coefficient (Wildman–Crippen LogP) is 6.98. The van der Waals surface area contributed by atoms with Gasteiger partial charge in [0, 0.05) is 48.0 Å². The van der Waals surface area contributed by atoms with Gasteiger partial charge in [-0.05, 0) is 66.9 Å². The van der Waals surface area contributed by atoms with Crippen LogP contribution in [-0.4, -0.2) is 35.5 Å². The molecule has 182 valence electrons. The maximum atomic E-state index is 5.46. The third-order valence-corrected chi connectivity index (χ3v) is 7.56. The molecule has 0 radical (unpaired) electrons. The van der Waals surface area contributed by atoms with Crippen molar-refractivity contribution in [1.82, 2.24) is 9.55 Å². The minimum Gasteiger partial charge on any atom is -0.497 e. The van der Waals surface area contributed by atoms with Crippen LogP contribution in [0.1, 0.15) is 24.0 Å². The molecule has 0 saturated carbocycles. The minimum absolute atomic E-state index is 0.811. The molecule has 2 aromatic heterocycles. The maximum absolute atomic E-state index is 5.46. The van der Waals surface area contributed by atoms with Gasteiger partial charge in [-0.25, -0.2) is 0 Å². The van der Waals surface area contributed by atoms with Crippen LogP contribution in [0.4, 0.5) is 11.4 Å². The zero-order valence-corrected chi connectivity index (χ0v) is 20.9. The van der Waals surface area contributed by atoms with Gasteiger partial charge in [-0.3, -0.25) is 9.98 Å². The van der Waals surface area contributed by atoms with Crippen LogP contribution in [0.2, 0.25) is 0 Å². The number of anilines is 1. The average Bonchev–Trinajstić information content (AvgIpc) is 3.70. The molecule has 0 atom stereocenters. The summed E-state index contributed by atoms with van der Waals surface area (Å²) in [6, 6.07) is 29.7. The number of methoxy groups -OCH3 is 1. The van der Waals surface area contributed by atoms with Crippen molar-refractivity contribution >= 4 is 28.0 Å². The van der Waals surface area contributed by atoms with Gasteiger partial charge < -0.3 is 14.2 Å². The zero-order chi connectivity index (χ0) is 24.8. The molecule has 37 heavy (non-hydrogen) atoms. The van der Waals surface area contributed by atoms with Crippen molar-refractivity contribution in [3.05, 3.63) is 102 Å². The average molecular weight is 485 g/mol. The fourth-order valence-corrected chi connectivity index (χ4v) is 5.77. The number of benzene rings is 3. The van der Waals surface area contributed by atoms with Crippen LogP contribution in [0, 0.1) is 0 Å². The van der Waals surface area contributed by atoms with Crippen molar-refractivity contribution in [3.63, 3.8) is 0 Å². The van der Waals surface area contributed by atoms with Crippen molar-refractivity contribution < 1.29 is 4.74 Å². The second-order valence-corrected chi connectivity index (χ2v) is 9.73. The Bertz CT molecular complexity index is 1640. The van der Waals surface area contributed by atoms with Crippen LogP contribution in [-0.2, 0) is 6.42 Å². The Labute approximate surface area is 216 Å². The highest BCUT2D eigenvalue weighted by molar-refractivity contribution is 6.19. The molecule has 3 aromatic carbocycles. The summed E-state index contributed by atoms with van der Waals surface area (Å²) in [6.45, 7) is 2.19. The topological polar surface area (TPSA) is 42.6 Å². The van der Waals surface area contributed by atoms with E-state index in [2.05, 4.69) is 82.3 Å². The highest BCUT2D eigenvalue weighted by atomic mass is 16.5. The number of ether oxygens (including phenoxy) is 1. The molecular formula is C32H28N4O. The lowest BCUT2D eigenvalue weighted by atomic mass is 9.99. The second-order valence-electron chi connectivity index (χ2n) is 9.73. The molecule has 0 aliphatic carbocycles. The Morgan fingerprint density at radius 1 is 0.811 bits per heavy atom. The minimum atomic E-state index is 0.811. The van der Waals surface area contributed by atoms with Crippen LogP contribution >= 0.6 is 0 Å². The molecule has 7 rings (SSSR count). The maximum Gasteiger partial charge on any atom is 0.119 e. The van der Waals surface area contributed by atoms with Gasteiger partial charge in [-0.1, -0.05) is 36.4 Å². The lowest BCUT2D eigenvalue weighted by Gasteiger charge is -2.19. The van der Waals surface area contributed by atoms with E-state index in [4.69, 9.17) is 14.7 Å². The largest absolute Gasteiger partial charge is 0.497 e. The van der Waals surface area contributed by atoms with E-state index in [0.717, 1.165) is 64.8 Å². The van der Waals surface area contributed by atoms with Crippen molar-refractivity contribution in [1.29, 1.82) is 0 Å². The summed E-state index contributed by atoms with van der Waals surface area (Å²) in [5, 5.41) is 1.19. The lowest BCUT2D eigenvalue weighted by Crippen LogP contribution is -2.17. The SMILES string of the molecule is COc1ccc(-n2c(-c3cc(N4CCCC4)ccn3)c(C3=Nc4ccccc4C3)c3ccccc32)cc1. The summed E-state index contributed by atoms with van der Waals surface area (Å²) in [7, 11) is 1.70. The van der Waals surface area contributed by atoms with Crippen LogP contribution in [0.15, 0.2) is 96.1 Å². The predicted molar refractivity (Wildman–Crippen MR) is 151 cm³/mol. The van der Waals surface area contributed by atoms with Crippen LogP contribution < -0.4 is 9.64 Å². The number of pyridine rings is 1. The monoisotopic (exact) mass is 484 g/mol. The van der Waals surface area contributed by atoms with Crippen LogP contribution in [0.5, 0.6) is 5.75 Å². The van der Waals surface area contributed by atoms with Crippen molar-refractivity contribution in [2.75, 3.05) is 25.1 Å². The number of hydrogen-bond acceptors (Lipinski definition) is 4. The summed E-state index contributed by atoms with van der Waals surface area (Å²) in [5.41, 5.74) is 10.1. The Morgan fingerprint density at radius 2 is 1.59 bits per heavy atom. The first-order chi connectivity index (χ1) is 18.3. The Kier molecular flexibility index (Phi) is 5.28. The molecular weight excluding hydrogens is 456 g/mol. The highest BCUT2D eigenvalue weighted by Crippen LogP contribution is 2.40. The fraction of sp³-hybridized carbons (Fsp3) is 0.188. The number of para-hydroxylation sites is 2. The van der Waals surface area contributed by atoms with E-state index in [0.29, 0.717) is 0 Å². The third kappa shape index (κ3) is 3.70. The van der Waals surface area contributed by atoms with Crippen LogP contribution in [0.3, 0.4) is 0 Å². The Morgan fingerprint density at radius 3 is 2.41 bits per heavy atom. The first-order valence-electron chi connectivity index (χ1n) is 13.0. The van der Waals surface area contributed by atoms with Gasteiger partial charge in [0.05, 0.1) is 35.4 Å². The Balaban J connectivity index is 1.51. The van der Waals surface area contributed by atoms with Gasteiger partial charge in [-0.2, -0.15) is 0 Å². The van der Waals surface area contributed by atoms with Gasteiger partial charge in [0.2, 0.25) is 0 Å². The van der Waals surface area contributed by atoms with Gasteiger partial charge in [-0.15, -0.1) is 0 Å². The number of rotatable bonds is 5.